The second-order valence-electron chi connectivity index (χ2n) is 6.58. The molecule has 0 bridgehead atoms. The van der Waals surface area contributed by atoms with E-state index in [1.165, 1.54) is 7.11 Å². The summed E-state index contributed by atoms with van der Waals surface area (Å²) in [6, 6.07) is 6.08. The lowest BCUT2D eigenvalue weighted by Crippen LogP contribution is -2.46. The third kappa shape index (κ3) is 3.98. The minimum Gasteiger partial charge on any atom is -0.469 e. The number of hydrogen-bond donors (Lipinski definition) is 1. The largest absolute Gasteiger partial charge is 0.469 e. The van der Waals surface area contributed by atoms with E-state index in [-0.39, 0.29) is 11.9 Å². The molecule has 0 amide bonds. The molecule has 140 valence electrons. The van der Waals surface area contributed by atoms with Crippen LogP contribution < -0.4 is 5.32 Å². The summed E-state index contributed by atoms with van der Waals surface area (Å²) in [5, 5.41) is 3.35. The van der Waals surface area contributed by atoms with Gasteiger partial charge in [-0.15, -0.1) is 0 Å². The summed E-state index contributed by atoms with van der Waals surface area (Å²) in [6.07, 6.45) is 3.64. The van der Waals surface area contributed by atoms with Crippen molar-refractivity contribution in [2.45, 2.75) is 33.2 Å². The normalized spacial score (nSPS) is 16.1. The maximum absolute atomic E-state index is 11.7. The summed E-state index contributed by atoms with van der Waals surface area (Å²) in [5.74, 6) is 0.775. The van der Waals surface area contributed by atoms with Crippen LogP contribution in [0.4, 0.5) is 0 Å². The number of carbonyl (C=O) groups excluding carboxylic acids is 1. The molecule has 1 aliphatic heterocycles. The second-order valence-corrected chi connectivity index (χ2v) is 6.58. The first kappa shape index (κ1) is 18.2. The number of nitrogens with zero attached hydrogens (tertiary/aromatic N) is 4. The van der Waals surface area contributed by atoms with E-state index in [4.69, 9.17) is 9.73 Å². The first-order valence-corrected chi connectivity index (χ1v) is 9.17. The lowest BCUT2D eigenvalue weighted by Gasteiger charge is -2.33. The number of imidazole rings is 1. The molecule has 1 N–H and O–H groups in total. The van der Waals surface area contributed by atoms with Crippen molar-refractivity contribution in [2.24, 2.45) is 10.9 Å². The van der Waals surface area contributed by atoms with Gasteiger partial charge in [-0.05, 0) is 38.8 Å². The van der Waals surface area contributed by atoms with Gasteiger partial charge >= 0.3 is 5.97 Å². The molecule has 0 atom stereocenters. The number of esters is 1. The molecule has 26 heavy (non-hydrogen) atoms. The fourth-order valence-corrected chi connectivity index (χ4v) is 3.35. The average molecular weight is 357 g/mol. The van der Waals surface area contributed by atoms with Crippen LogP contribution in [0.25, 0.3) is 5.65 Å². The highest BCUT2D eigenvalue weighted by Crippen LogP contribution is 2.18. The molecule has 0 aliphatic carbocycles. The number of piperidine rings is 1. The number of carbonyl (C=O) groups is 1. The number of aryl methyl sites for hydroxylation is 1. The van der Waals surface area contributed by atoms with Crippen LogP contribution in [0.3, 0.4) is 0 Å². The highest BCUT2D eigenvalue weighted by Gasteiger charge is 2.26. The van der Waals surface area contributed by atoms with E-state index in [0.29, 0.717) is 6.54 Å². The van der Waals surface area contributed by atoms with Gasteiger partial charge in [-0.3, -0.25) is 4.79 Å². The highest BCUT2D eigenvalue weighted by molar-refractivity contribution is 5.80. The standard InChI is InChI=1S/C19H27N5O2/c1-4-20-19(23-10-8-15(9-11-23)18(25)26-3)21-12-16-13-24-14(2)6-5-7-17(24)22-16/h5-7,13,15H,4,8-12H2,1-3H3,(H,20,21). The quantitative estimate of drug-likeness (QED) is 0.515. The number of guanidine groups is 1. The molecule has 7 nitrogen and oxygen atoms in total. The lowest BCUT2D eigenvalue weighted by molar-refractivity contribution is -0.146. The SMILES string of the molecule is CCNC(=NCc1cn2c(C)cccc2n1)N1CCC(C(=O)OC)CC1. The summed E-state index contributed by atoms with van der Waals surface area (Å²) in [5.41, 5.74) is 3.04. The Bertz CT molecular complexity index is 790. The Kier molecular flexibility index (Phi) is 5.75. The zero-order valence-corrected chi connectivity index (χ0v) is 15.7. The molecular weight excluding hydrogens is 330 g/mol. The van der Waals surface area contributed by atoms with Gasteiger partial charge < -0.3 is 19.4 Å². The van der Waals surface area contributed by atoms with Crippen molar-refractivity contribution in [3.05, 3.63) is 35.8 Å². The van der Waals surface area contributed by atoms with E-state index in [1.54, 1.807) is 0 Å². The Morgan fingerprint density at radius 1 is 1.38 bits per heavy atom. The van der Waals surface area contributed by atoms with Crippen molar-refractivity contribution < 1.29 is 9.53 Å². The predicted molar refractivity (Wildman–Crippen MR) is 101 cm³/mol. The van der Waals surface area contributed by atoms with E-state index in [9.17, 15) is 4.79 Å². The third-order valence-corrected chi connectivity index (χ3v) is 4.80. The smallest absolute Gasteiger partial charge is 0.308 e. The monoisotopic (exact) mass is 357 g/mol. The first-order chi connectivity index (χ1) is 12.6. The molecule has 1 saturated heterocycles. The molecule has 0 aromatic carbocycles. The Morgan fingerprint density at radius 2 is 2.15 bits per heavy atom. The zero-order valence-electron chi connectivity index (χ0n) is 15.7. The molecule has 3 rings (SSSR count). The number of aromatic nitrogens is 2. The van der Waals surface area contributed by atoms with Crippen molar-refractivity contribution in [3.8, 4) is 0 Å². The number of nitrogens with one attached hydrogen (secondary N) is 1. The van der Waals surface area contributed by atoms with Gasteiger partial charge in [-0.2, -0.15) is 0 Å². The molecule has 0 spiro atoms. The van der Waals surface area contributed by atoms with Crippen molar-refractivity contribution in [1.82, 2.24) is 19.6 Å². The fourth-order valence-electron chi connectivity index (χ4n) is 3.35. The number of fused-ring (bicyclic) bond motifs is 1. The number of pyridine rings is 1. The number of hydrogen-bond acceptors (Lipinski definition) is 4. The lowest BCUT2D eigenvalue weighted by atomic mass is 9.97. The van der Waals surface area contributed by atoms with Gasteiger partial charge in [0.2, 0.25) is 0 Å². The first-order valence-electron chi connectivity index (χ1n) is 9.17. The predicted octanol–water partition coefficient (Wildman–Crippen LogP) is 1.99. The van der Waals surface area contributed by atoms with E-state index in [2.05, 4.69) is 39.5 Å². The second kappa shape index (κ2) is 8.21. The van der Waals surface area contributed by atoms with Crippen molar-refractivity contribution in [3.63, 3.8) is 0 Å². The Morgan fingerprint density at radius 3 is 2.81 bits per heavy atom. The summed E-state index contributed by atoms with van der Waals surface area (Å²) < 4.78 is 6.95. The van der Waals surface area contributed by atoms with Crippen molar-refractivity contribution >= 4 is 17.6 Å². The van der Waals surface area contributed by atoms with Gasteiger partial charge in [-0.25, -0.2) is 9.98 Å². The summed E-state index contributed by atoms with van der Waals surface area (Å²) in [6.45, 7) is 7.06. The van der Waals surface area contributed by atoms with Crippen LogP contribution in [0.1, 0.15) is 31.2 Å². The molecule has 2 aromatic heterocycles. The van der Waals surface area contributed by atoms with E-state index in [1.807, 2.05) is 18.3 Å². The number of ether oxygens (including phenoxy) is 1. The molecule has 1 fully saturated rings. The van der Waals surface area contributed by atoms with Crippen LogP contribution in [-0.4, -0.2) is 53.0 Å². The number of aliphatic imine (C=N–C) groups is 1. The highest BCUT2D eigenvalue weighted by atomic mass is 16.5. The molecule has 7 heteroatoms. The third-order valence-electron chi connectivity index (χ3n) is 4.80. The zero-order chi connectivity index (χ0) is 18.5. The number of methoxy groups -OCH3 is 1. The van der Waals surface area contributed by atoms with Crippen molar-refractivity contribution in [1.29, 1.82) is 0 Å². The van der Waals surface area contributed by atoms with Gasteiger partial charge in [0.1, 0.15) is 5.65 Å². The fraction of sp³-hybridized carbons (Fsp3) is 0.526. The van der Waals surface area contributed by atoms with Gasteiger partial charge in [0.25, 0.3) is 0 Å². The number of rotatable bonds is 4. The summed E-state index contributed by atoms with van der Waals surface area (Å²) in [7, 11) is 1.46. The van der Waals surface area contributed by atoms with E-state index >= 15 is 0 Å². The maximum atomic E-state index is 11.7. The van der Waals surface area contributed by atoms with Crippen LogP contribution in [0.5, 0.6) is 0 Å². The minimum absolute atomic E-state index is 0.000501. The Labute approximate surface area is 154 Å². The molecule has 3 heterocycles. The van der Waals surface area contributed by atoms with Crippen molar-refractivity contribution in [2.75, 3.05) is 26.7 Å². The van der Waals surface area contributed by atoms with Crippen LogP contribution in [0.15, 0.2) is 29.4 Å². The molecule has 0 radical (unpaired) electrons. The number of likely N-dealkylation sites (tertiary alicyclic amines) is 1. The van der Waals surface area contributed by atoms with Gasteiger partial charge in [-0.1, -0.05) is 6.07 Å². The van der Waals surface area contributed by atoms with Gasteiger partial charge in [0.15, 0.2) is 5.96 Å². The molecular formula is C19H27N5O2. The van der Waals surface area contributed by atoms with Crippen LogP contribution in [0, 0.1) is 12.8 Å². The summed E-state index contributed by atoms with van der Waals surface area (Å²) >= 11 is 0. The maximum Gasteiger partial charge on any atom is 0.308 e. The molecule has 0 saturated carbocycles. The average Bonchev–Trinajstić information content (AvgIpc) is 3.09. The Balaban J connectivity index is 1.69. The van der Waals surface area contributed by atoms with Crippen LogP contribution >= 0.6 is 0 Å². The molecule has 1 aliphatic rings. The Hall–Kier alpha value is -2.57. The minimum atomic E-state index is -0.105. The molecule has 2 aromatic rings. The van der Waals surface area contributed by atoms with Crippen LogP contribution in [-0.2, 0) is 16.1 Å². The molecule has 0 unspecified atom stereocenters. The topological polar surface area (TPSA) is 71.2 Å². The van der Waals surface area contributed by atoms with Gasteiger partial charge in [0, 0.05) is 31.5 Å². The van der Waals surface area contributed by atoms with E-state index in [0.717, 1.165) is 55.5 Å². The van der Waals surface area contributed by atoms with Crippen LogP contribution in [0.2, 0.25) is 0 Å². The van der Waals surface area contributed by atoms with Gasteiger partial charge in [0.05, 0.1) is 25.3 Å². The summed E-state index contributed by atoms with van der Waals surface area (Å²) in [4.78, 5) is 23.3. The van der Waals surface area contributed by atoms with E-state index < -0.39 is 0 Å².